The standard InChI is InChI=1S/C14H22FN3O2/c1-10(2)14(16)4-5-17(3)9-11-6-12(15)8-13(7-11)18(19)20/h6-8,10,14H,4-5,9,16H2,1-3H3. The van der Waals surface area contributed by atoms with E-state index in [1.165, 1.54) is 12.1 Å². The highest BCUT2D eigenvalue weighted by molar-refractivity contribution is 5.35. The monoisotopic (exact) mass is 283 g/mol. The summed E-state index contributed by atoms with van der Waals surface area (Å²) < 4.78 is 13.3. The Morgan fingerprint density at radius 3 is 2.60 bits per heavy atom. The molecule has 0 saturated heterocycles. The SMILES string of the molecule is CC(C)C(N)CCN(C)Cc1cc(F)cc([N+](=O)[O-])c1. The molecule has 0 amide bonds. The van der Waals surface area contributed by atoms with Gasteiger partial charge in [-0.2, -0.15) is 0 Å². The lowest BCUT2D eigenvalue weighted by atomic mass is 10.0. The molecule has 0 radical (unpaired) electrons. The first-order valence-corrected chi connectivity index (χ1v) is 6.67. The van der Waals surface area contributed by atoms with Gasteiger partial charge in [-0.25, -0.2) is 4.39 Å². The topological polar surface area (TPSA) is 72.4 Å². The Morgan fingerprint density at radius 2 is 2.05 bits per heavy atom. The van der Waals surface area contributed by atoms with Crippen molar-refractivity contribution >= 4 is 5.69 Å². The molecule has 2 N–H and O–H groups in total. The minimum atomic E-state index is -0.582. The molecule has 6 heteroatoms. The molecule has 0 spiro atoms. The molecule has 0 aliphatic rings. The lowest BCUT2D eigenvalue weighted by molar-refractivity contribution is -0.385. The third kappa shape index (κ3) is 5.22. The molecule has 112 valence electrons. The molecular weight excluding hydrogens is 261 g/mol. The number of nitro benzene ring substituents is 1. The number of nitrogens with two attached hydrogens (primary N) is 1. The Hall–Kier alpha value is -1.53. The normalized spacial score (nSPS) is 12.9. The van der Waals surface area contributed by atoms with Crippen LogP contribution >= 0.6 is 0 Å². The Balaban J connectivity index is 2.61. The Morgan fingerprint density at radius 1 is 1.40 bits per heavy atom. The maximum Gasteiger partial charge on any atom is 0.272 e. The first-order valence-electron chi connectivity index (χ1n) is 6.67. The van der Waals surface area contributed by atoms with Crippen LogP contribution in [0.15, 0.2) is 18.2 Å². The Bertz CT molecular complexity index is 466. The fraction of sp³-hybridized carbons (Fsp3) is 0.571. The fourth-order valence-electron chi connectivity index (χ4n) is 1.92. The van der Waals surface area contributed by atoms with Gasteiger partial charge in [0, 0.05) is 18.7 Å². The van der Waals surface area contributed by atoms with Crippen LogP contribution in [0.1, 0.15) is 25.8 Å². The number of nitrogens with zero attached hydrogens (tertiary/aromatic N) is 2. The fourth-order valence-corrected chi connectivity index (χ4v) is 1.92. The molecule has 20 heavy (non-hydrogen) atoms. The number of non-ortho nitro benzene ring substituents is 1. The van der Waals surface area contributed by atoms with Crippen molar-refractivity contribution in [1.82, 2.24) is 4.90 Å². The summed E-state index contributed by atoms with van der Waals surface area (Å²) in [6.45, 7) is 5.37. The van der Waals surface area contributed by atoms with Gasteiger partial charge in [-0.1, -0.05) is 13.8 Å². The number of halogens is 1. The van der Waals surface area contributed by atoms with Gasteiger partial charge in [0.1, 0.15) is 5.82 Å². The lowest BCUT2D eigenvalue weighted by Gasteiger charge is -2.21. The van der Waals surface area contributed by atoms with Crippen LogP contribution in [0.4, 0.5) is 10.1 Å². The number of nitro groups is 1. The van der Waals surface area contributed by atoms with Crippen molar-refractivity contribution in [3.8, 4) is 0 Å². The molecule has 0 bridgehead atoms. The van der Waals surface area contributed by atoms with Gasteiger partial charge in [-0.3, -0.25) is 10.1 Å². The van der Waals surface area contributed by atoms with Crippen molar-refractivity contribution in [1.29, 1.82) is 0 Å². The van der Waals surface area contributed by atoms with E-state index in [2.05, 4.69) is 13.8 Å². The summed E-state index contributed by atoms with van der Waals surface area (Å²) in [6.07, 6.45) is 0.839. The van der Waals surface area contributed by atoms with Gasteiger partial charge in [0.05, 0.1) is 11.0 Å². The molecule has 0 aliphatic heterocycles. The van der Waals surface area contributed by atoms with E-state index in [9.17, 15) is 14.5 Å². The van der Waals surface area contributed by atoms with Gasteiger partial charge in [0.2, 0.25) is 0 Å². The van der Waals surface area contributed by atoms with Crippen LogP contribution < -0.4 is 5.73 Å². The van der Waals surface area contributed by atoms with E-state index in [1.807, 2.05) is 11.9 Å². The highest BCUT2D eigenvalue weighted by Gasteiger charge is 2.12. The van der Waals surface area contributed by atoms with Gasteiger partial charge >= 0.3 is 0 Å². The Labute approximate surface area is 118 Å². The number of hydrogen-bond acceptors (Lipinski definition) is 4. The predicted octanol–water partition coefficient (Wildman–Crippen LogP) is 2.54. The summed E-state index contributed by atoms with van der Waals surface area (Å²) >= 11 is 0. The summed E-state index contributed by atoms with van der Waals surface area (Å²) in [4.78, 5) is 12.1. The minimum absolute atomic E-state index is 0.124. The van der Waals surface area contributed by atoms with Crippen LogP contribution in [0.2, 0.25) is 0 Å². The first kappa shape index (κ1) is 16.5. The van der Waals surface area contributed by atoms with E-state index < -0.39 is 10.7 Å². The second kappa shape index (κ2) is 7.31. The molecular formula is C14H22FN3O2. The molecule has 5 nitrogen and oxygen atoms in total. The van der Waals surface area contributed by atoms with Gasteiger partial charge in [0.15, 0.2) is 0 Å². The Kier molecular flexibility index (Phi) is 6.04. The maximum absolute atomic E-state index is 13.3. The van der Waals surface area contributed by atoms with Crippen LogP contribution in [0.3, 0.4) is 0 Å². The lowest BCUT2D eigenvalue weighted by Crippen LogP contribution is -2.31. The molecule has 0 aliphatic carbocycles. The van der Waals surface area contributed by atoms with Crippen molar-refractivity contribution < 1.29 is 9.31 Å². The summed E-state index contributed by atoms with van der Waals surface area (Å²) in [5.74, 6) is -0.167. The molecule has 0 heterocycles. The molecule has 1 unspecified atom stereocenters. The largest absolute Gasteiger partial charge is 0.327 e. The van der Waals surface area contributed by atoms with E-state index in [0.717, 1.165) is 19.0 Å². The van der Waals surface area contributed by atoms with Crippen LogP contribution in [0, 0.1) is 21.8 Å². The van der Waals surface area contributed by atoms with Crippen molar-refractivity contribution in [2.75, 3.05) is 13.6 Å². The third-order valence-electron chi connectivity index (χ3n) is 3.31. The number of benzene rings is 1. The highest BCUT2D eigenvalue weighted by atomic mass is 19.1. The van der Waals surface area contributed by atoms with Crippen LogP contribution in [-0.4, -0.2) is 29.5 Å². The van der Waals surface area contributed by atoms with Crippen molar-refractivity contribution in [3.05, 3.63) is 39.7 Å². The van der Waals surface area contributed by atoms with Crippen molar-refractivity contribution in [3.63, 3.8) is 0 Å². The highest BCUT2D eigenvalue weighted by Crippen LogP contribution is 2.17. The molecule has 0 fully saturated rings. The van der Waals surface area contributed by atoms with Gasteiger partial charge < -0.3 is 10.6 Å². The second-order valence-corrected chi connectivity index (χ2v) is 5.51. The average Bonchev–Trinajstić information content (AvgIpc) is 2.34. The van der Waals surface area contributed by atoms with Crippen molar-refractivity contribution in [2.45, 2.75) is 32.9 Å². The molecule has 1 aromatic rings. The van der Waals surface area contributed by atoms with E-state index in [1.54, 1.807) is 0 Å². The predicted molar refractivity (Wildman–Crippen MR) is 76.8 cm³/mol. The quantitative estimate of drug-likeness (QED) is 0.616. The van der Waals surface area contributed by atoms with Gasteiger partial charge in [-0.15, -0.1) is 0 Å². The van der Waals surface area contributed by atoms with Crippen molar-refractivity contribution in [2.24, 2.45) is 11.7 Å². The zero-order valence-corrected chi connectivity index (χ0v) is 12.2. The second-order valence-electron chi connectivity index (χ2n) is 5.51. The smallest absolute Gasteiger partial charge is 0.272 e. The minimum Gasteiger partial charge on any atom is -0.327 e. The number of rotatable bonds is 7. The van der Waals surface area contributed by atoms with Crippen LogP contribution in [0.25, 0.3) is 0 Å². The van der Waals surface area contributed by atoms with E-state index >= 15 is 0 Å². The van der Waals surface area contributed by atoms with E-state index in [-0.39, 0.29) is 11.7 Å². The maximum atomic E-state index is 13.3. The number of hydrogen-bond donors (Lipinski definition) is 1. The molecule has 0 aromatic heterocycles. The van der Waals surface area contributed by atoms with E-state index in [4.69, 9.17) is 5.73 Å². The zero-order chi connectivity index (χ0) is 15.3. The molecule has 1 rings (SSSR count). The summed E-state index contributed by atoms with van der Waals surface area (Å²) in [6, 6.07) is 3.78. The summed E-state index contributed by atoms with van der Waals surface area (Å²) in [5.41, 5.74) is 6.35. The molecule has 1 atom stereocenters. The van der Waals surface area contributed by atoms with Gasteiger partial charge in [0.25, 0.3) is 5.69 Å². The zero-order valence-electron chi connectivity index (χ0n) is 12.2. The van der Waals surface area contributed by atoms with Crippen LogP contribution in [0.5, 0.6) is 0 Å². The van der Waals surface area contributed by atoms with E-state index in [0.29, 0.717) is 18.0 Å². The first-order chi connectivity index (χ1) is 9.29. The average molecular weight is 283 g/mol. The van der Waals surface area contributed by atoms with Gasteiger partial charge in [-0.05, 0) is 37.6 Å². The molecule has 1 aromatic carbocycles. The summed E-state index contributed by atoms with van der Waals surface area (Å²) in [5, 5.41) is 10.7. The summed E-state index contributed by atoms with van der Waals surface area (Å²) in [7, 11) is 1.89. The van der Waals surface area contributed by atoms with Crippen LogP contribution in [-0.2, 0) is 6.54 Å². The third-order valence-corrected chi connectivity index (χ3v) is 3.31. The molecule has 0 saturated carbocycles.